The molecule has 2 N–H and O–H groups in total. The quantitative estimate of drug-likeness (QED) is 0.517. The van der Waals surface area contributed by atoms with E-state index in [4.69, 9.17) is 0 Å². The predicted molar refractivity (Wildman–Crippen MR) is 131 cm³/mol. The van der Waals surface area contributed by atoms with Crippen molar-refractivity contribution in [3.05, 3.63) is 23.8 Å². The van der Waals surface area contributed by atoms with Crippen LogP contribution in [0.1, 0.15) is 85.5 Å². The molecular formula is C29H41FO5. The number of aliphatic hydroxyl groups is 2. The summed E-state index contributed by atoms with van der Waals surface area (Å²) in [6, 6.07) is 0. The van der Waals surface area contributed by atoms with E-state index in [1.165, 1.54) is 12.2 Å². The molecule has 35 heavy (non-hydrogen) atoms. The van der Waals surface area contributed by atoms with Crippen LogP contribution in [0.3, 0.4) is 0 Å². The topological polar surface area (TPSA) is 91.7 Å². The number of allylic oxidation sites excluding steroid dienone is 4. The number of carbonyl (C=O) groups excluding carboxylic acids is 3. The molecule has 0 saturated heterocycles. The van der Waals surface area contributed by atoms with Crippen LogP contribution in [0.5, 0.6) is 0 Å². The van der Waals surface area contributed by atoms with Gasteiger partial charge in [0, 0.05) is 30.6 Å². The number of hydrogen-bond acceptors (Lipinski definition) is 5. The van der Waals surface area contributed by atoms with Crippen molar-refractivity contribution in [2.24, 2.45) is 34.0 Å². The third-order valence-electron chi connectivity index (χ3n) is 10.7. The first kappa shape index (κ1) is 26.4. The highest BCUT2D eigenvalue weighted by Gasteiger charge is 2.74. The second-order valence-electron chi connectivity index (χ2n) is 12.3. The van der Waals surface area contributed by atoms with Crippen molar-refractivity contribution >= 4 is 17.3 Å². The molecule has 0 bridgehead atoms. The van der Waals surface area contributed by atoms with Gasteiger partial charge in [-0.25, -0.2) is 4.39 Å². The highest BCUT2D eigenvalue weighted by atomic mass is 19.1. The zero-order chi connectivity index (χ0) is 25.8. The van der Waals surface area contributed by atoms with E-state index in [0.29, 0.717) is 25.7 Å². The molecule has 0 spiro atoms. The van der Waals surface area contributed by atoms with Gasteiger partial charge in [-0.15, -0.1) is 0 Å². The summed E-state index contributed by atoms with van der Waals surface area (Å²) in [5.41, 5.74) is -3.59. The van der Waals surface area contributed by atoms with E-state index in [-0.39, 0.29) is 48.4 Å². The maximum absolute atomic E-state index is 17.4. The van der Waals surface area contributed by atoms with Crippen molar-refractivity contribution in [2.75, 3.05) is 6.61 Å². The lowest BCUT2D eigenvalue weighted by Gasteiger charge is -2.63. The fourth-order valence-corrected chi connectivity index (χ4v) is 8.77. The van der Waals surface area contributed by atoms with Crippen molar-refractivity contribution in [1.29, 1.82) is 0 Å². The summed E-state index contributed by atoms with van der Waals surface area (Å²) < 4.78 is 17.4. The number of hydrogen-bond donors (Lipinski definition) is 2. The van der Waals surface area contributed by atoms with Crippen LogP contribution in [-0.4, -0.2) is 45.9 Å². The lowest BCUT2D eigenvalue weighted by atomic mass is 9.42. The first-order valence-corrected chi connectivity index (χ1v) is 13.3. The average Bonchev–Trinajstić information content (AvgIpc) is 3.00. The summed E-state index contributed by atoms with van der Waals surface area (Å²) in [5, 5.41) is 21.2. The predicted octanol–water partition coefficient (Wildman–Crippen LogP) is 4.69. The second kappa shape index (κ2) is 9.02. The van der Waals surface area contributed by atoms with Gasteiger partial charge >= 0.3 is 0 Å². The average molecular weight is 489 g/mol. The standard InChI is InChI=1S/C29H41FO5/c1-5-6-7-21(33)14-28(15-22(34)17-31)18(2)12-24-23-9-8-19-13-20(32)10-11-26(19,3)29(23,30)25(35)16-27(24,28)4/h10-11,13,18,23-25,31,35H,5-9,12,14-17H2,1-4H3/t18-,23-,24-,25-,26-,27-,28-,29-/m0/s1. The fraction of sp³-hybridized carbons (Fsp3) is 0.759. The molecule has 0 radical (unpaired) electrons. The lowest BCUT2D eigenvalue weighted by Crippen LogP contribution is -2.67. The smallest absolute Gasteiger partial charge is 0.178 e. The Hall–Kier alpha value is -1.66. The normalized spacial score (nSPS) is 44.3. The highest BCUT2D eigenvalue weighted by Crippen LogP contribution is 2.74. The Bertz CT molecular complexity index is 970. The van der Waals surface area contributed by atoms with Crippen LogP contribution in [0.25, 0.3) is 0 Å². The summed E-state index contributed by atoms with van der Waals surface area (Å²) in [4.78, 5) is 37.9. The molecule has 0 aromatic carbocycles. The van der Waals surface area contributed by atoms with Crippen LogP contribution in [0.15, 0.2) is 23.8 Å². The Morgan fingerprint density at radius 1 is 1.17 bits per heavy atom. The van der Waals surface area contributed by atoms with E-state index in [1.54, 1.807) is 13.0 Å². The van der Waals surface area contributed by atoms with Crippen LogP contribution < -0.4 is 0 Å². The zero-order valence-corrected chi connectivity index (χ0v) is 21.6. The molecular weight excluding hydrogens is 447 g/mol. The van der Waals surface area contributed by atoms with Crippen molar-refractivity contribution in [1.82, 2.24) is 0 Å². The molecule has 3 fully saturated rings. The largest absolute Gasteiger partial charge is 0.390 e. The molecule has 0 heterocycles. The number of unbranched alkanes of at least 4 members (excludes halogenated alkanes) is 1. The molecule has 4 rings (SSSR count). The number of rotatable bonds is 8. The molecule has 6 heteroatoms. The third kappa shape index (κ3) is 3.65. The number of ketones is 3. The molecule has 4 aliphatic rings. The van der Waals surface area contributed by atoms with Crippen LogP contribution in [0.2, 0.25) is 0 Å². The zero-order valence-electron chi connectivity index (χ0n) is 21.6. The lowest BCUT2D eigenvalue weighted by molar-refractivity contribution is -0.208. The van der Waals surface area contributed by atoms with Gasteiger partial charge in [0.1, 0.15) is 12.4 Å². The number of aliphatic hydroxyl groups excluding tert-OH is 2. The fourth-order valence-electron chi connectivity index (χ4n) is 8.77. The van der Waals surface area contributed by atoms with Gasteiger partial charge in [0.15, 0.2) is 17.2 Å². The minimum atomic E-state index is -1.93. The van der Waals surface area contributed by atoms with Crippen molar-refractivity contribution in [3.8, 4) is 0 Å². The molecule has 5 nitrogen and oxygen atoms in total. The Morgan fingerprint density at radius 3 is 2.51 bits per heavy atom. The molecule has 0 aliphatic heterocycles. The van der Waals surface area contributed by atoms with E-state index in [2.05, 4.69) is 13.8 Å². The van der Waals surface area contributed by atoms with Gasteiger partial charge < -0.3 is 10.2 Å². The van der Waals surface area contributed by atoms with Gasteiger partial charge in [-0.2, -0.15) is 0 Å². The number of Topliss-reactive ketones (excluding diaryl/α,β-unsaturated/α-hetero) is 2. The first-order valence-electron chi connectivity index (χ1n) is 13.3. The summed E-state index contributed by atoms with van der Waals surface area (Å²) in [6.45, 7) is 7.36. The van der Waals surface area contributed by atoms with Gasteiger partial charge in [-0.3, -0.25) is 14.4 Å². The van der Waals surface area contributed by atoms with Gasteiger partial charge in [-0.05, 0) is 73.8 Å². The van der Waals surface area contributed by atoms with E-state index in [0.717, 1.165) is 18.4 Å². The van der Waals surface area contributed by atoms with Crippen molar-refractivity contribution < 1.29 is 29.0 Å². The monoisotopic (exact) mass is 488 g/mol. The Morgan fingerprint density at radius 2 is 1.86 bits per heavy atom. The second-order valence-corrected chi connectivity index (χ2v) is 12.3. The molecule has 0 amide bonds. The SMILES string of the molecule is CCCCC(=O)C[C@]1(CC(=O)CO)[C@@H](C)C[C@H]2[C@@H]3CCC4=CC(=O)C=C[C@]4(C)[C@@]3(F)[C@@H](O)C[C@@]21C. The van der Waals surface area contributed by atoms with E-state index < -0.39 is 40.5 Å². The van der Waals surface area contributed by atoms with Crippen LogP contribution >= 0.6 is 0 Å². The minimum absolute atomic E-state index is 0.0265. The van der Waals surface area contributed by atoms with Crippen molar-refractivity contribution in [2.45, 2.75) is 97.3 Å². The molecule has 194 valence electrons. The van der Waals surface area contributed by atoms with Crippen LogP contribution in [0.4, 0.5) is 4.39 Å². The van der Waals surface area contributed by atoms with Gasteiger partial charge in [0.05, 0.1) is 6.10 Å². The summed E-state index contributed by atoms with van der Waals surface area (Å²) in [7, 11) is 0. The Labute approximate surface area is 208 Å². The molecule has 4 aliphatic carbocycles. The maximum atomic E-state index is 17.4. The van der Waals surface area contributed by atoms with E-state index in [1.807, 2.05) is 6.92 Å². The van der Waals surface area contributed by atoms with E-state index >= 15 is 4.39 Å². The van der Waals surface area contributed by atoms with Gasteiger partial charge in [0.25, 0.3) is 0 Å². The summed E-state index contributed by atoms with van der Waals surface area (Å²) in [6.07, 6.45) is 7.69. The summed E-state index contributed by atoms with van der Waals surface area (Å²) in [5.74, 6) is -0.926. The van der Waals surface area contributed by atoms with Crippen molar-refractivity contribution in [3.63, 3.8) is 0 Å². The molecule has 3 saturated carbocycles. The Balaban J connectivity index is 1.78. The first-order chi connectivity index (χ1) is 16.4. The number of alkyl halides is 1. The minimum Gasteiger partial charge on any atom is -0.390 e. The maximum Gasteiger partial charge on any atom is 0.178 e. The van der Waals surface area contributed by atoms with Gasteiger partial charge in [-0.1, -0.05) is 38.8 Å². The Kier molecular flexibility index (Phi) is 6.81. The van der Waals surface area contributed by atoms with Gasteiger partial charge in [0.2, 0.25) is 0 Å². The number of carbonyl (C=O) groups is 3. The third-order valence-corrected chi connectivity index (χ3v) is 10.7. The van der Waals surface area contributed by atoms with Crippen LogP contribution in [0, 0.1) is 34.0 Å². The molecule has 0 unspecified atom stereocenters. The molecule has 0 aromatic rings. The number of halogens is 1. The summed E-state index contributed by atoms with van der Waals surface area (Å²) >= 11 is 0. The highest BCUT2D eigenvalue weighted by molar-refractivity contribution is 6.01. The van der Waals surface area contributed by atoms with Crippen LogP contribution in [-0.2, 0) is 14.4 Å². The molecule has 8 atom stereocenters. The van der Waals surface area contributed by atoms with E-state index in [9.17, 15) is 24.6 Å². The molecule has 0 aromatic heterocycles. The number of fused-ring (bicyclic) bond motifs is 5.